The van der Waals surface area contributed by atoms with Crippen molar-refractivity contribution in [1.29, 1.82) is 0 Å². The molecule has 11 heavy (non-hydrogen) atoms. The first kappa shape index (κ1) is 13.5. The van der Waals surface area contributed by atoms with Gasteiger partial charge in [0.15, 0.2) is 0 Å². The summed E-state index contributed by atoms with van der Waals surface area (Å²) in [7, 11) is 0. The number of nitrogens with two attached hydrogens (primary N) is 1. The van der Waals surface area contributed by atoms with Crippen molar-refractivity contribution in [3.05, 3.63) is 0 Å². The first-order chi connectivity index (χ1) is 5.18. The van der Waals surface area contributed by atoms with Crippen molar-refractivity contribution in [2.45, 2.75) is 53.4 Å². The highest BCUT2D eigenvalue weighted by atomic mass is 14.5. The minimum Gasteiger partial charge on any atom is -0.330 e. The minimum absolute atomic E-state index is 0.844. The summed E-state index contributed by atoms with van der Waals surface area (Å²) < 4.78 is 0. The molecule has 0 rings (SSSR count). The van der Waals surface area contributed by atoms with Gasteiger partial charge < -0.3 is 5.73 Å². The Kier molecular flexibility index (Phi) is 15.5. The quantitative estimate of drug-likeness (QED) is 0.670. The molecule has 0 unspecified atom stereocenters. The summed E-state index contributed by atoms with van der Waals surface area (Å²) in [5.74, 6) is 0.898. The van der Waals surface area contributed by atoms with Crippen molar-refractivity contribution in [1.82, 2.24) is 0 Å². The minimum atomic E-state index is 0.844. The van der Waals surface area contributed by atoms with Crippen LogP contribution in [0.1, 0.15) is 53.4 Å². The van der Waals surface area contributed by atoms with E-state index in [1.807, 2.05) is 0 Å². The molecular weight excluding hydrogens is 134 g/mol. The Balaban J connectivity index is 0. The van der Waals surface area contributed by atoms with E-state index >= 15 is 0 Å². The van der Waals surface area contributed by atoms with Crippen LogP contribution >= 0.6 is 0 Å². The van der Waals surface area contributed by atoms with E-state index in [1.165, 1.54) is 25.7 Å². The van der Waals surface area contributed by atoms with Crippen molar-refractivity contribution < 1.29 is 0 Å². The predicted molar refractivity (Wildman–Crippen MR) is 53.7 cm³/mol. The molecular formula is C10H25N. The van der Waals surface area contributed by atoms with E-state index in [4.69, 9.17) is 5.73 Å². The summed E-state index contributed by atoms with van der Waals surface area (Å²) in [6.07, 6.45) is 5.09. The van der Waals surface area contributed by atoms with Crippen LogP contribution in [0, 0.1) is 5.92 Å². The highest BCUT2D eigenvalue weighted by Crippen LogP contribution is 2.00. The molecule has 0 fully saturated rings. The largest absolute Gasteiger partial charge is 0.330 e. The molecule has 0 aromatic rings. The lowest BCUT2D eigenvalue weighted by Gasteiger charge is -1.95. The molecule has 0 saturated heterocycles. The van der Waals surface area contributed by atoms with Gasteiger partial charge in [-0.1, -0.05) is 47.0 Å². The van der Waals surface area contributed by atoms with Crippen LogP contribution in [0.2, 0.25) is 0 Å². The van der Waals surface area contributed by atoms with E-state index in [-0.39, 0.29) is 0 Å². The van der Waals surface area contributed by atoms with Crippen LogP contribution in [0.15, 0.2) is 0 Å². The van der Waals surface area contributed by atoms with Gasteiger partial charge in [-0.3, -0.25) is 0 Å². The second-order valence-corrected chi connectivity index (χ2v) is 3.32. The average molecular weight is 159 g/mol. The molecule has 0 bridgehead atoms. The molecule has 0 spiro atoms. The highest BCUT2D eigenvalue weighted by molar-refractivity contribution is 4.38. The van der Waals surface area contributed by atoms with Crippen LogP contribution in [-0.2, 0) is 0 Å². The number of unbranched alkanes of at least 4 members (excludes halogenated alkanes) is 1. The topological polar surface area (TPSA) is 26.0 Å². The molecule has 0 amide bonds. The number of rotatable bonds is 4. The molecule has 2 N–H and O–H groups in total. The van der Waals surface area contributed by atoms with Crippen LogP contribution in [0.4, 0.5) is 0 Å². The lowest BCUT2D eigenvalue weighted by molar-refractivity contribution is 0.576. The Labute approximate surface area is 72.4 Å². The maximum absolute atomic E-state index is 5.14. The molecule has 1 nitrogen and oxygen atoms in total. The zero-order valence-electron chi connectivity index (χ0n) is 8.69. The Hall–Kier alpha value is -0.0400. The van der Waals surface area contributed by atoms with Crippen LogP contribution in [-0.4, -0.2) is 6.54 Å². The summed E-state index contributed by atoms with van der Waals surface area (Å²) >= 11 is 0. The molecule has 0 saturated carbocycles. The predicted octanol–water partition coefficient (Wildman–Crippen LogP) is 3.19. The van der Waals surface area contributed by atoms with Crippen LogP contribution in [0.5, 0.6) is 0 Å². The monoisotopic (exact) mass is 159 g/mol. The van der Waals surface area contributed by atoms with Gasteiger partial charge in [-0.25, -0.2) is 0 Å². The summed E-state index contributed by atoms with van der Waals surface area (Å²) in [5.41, 5.74) is 5.14. The molecule has 0 aliphatic rings. The van der Waals surface area contributed by atoms with Crippen LogP contribution in [0.3, 0.4) is 0 Å². The standard InChI is InChI=1S/C6H14.C4H11N/c1-4-5-6(2)3;1-2-3-4-5/h6H,4-5H2,1-3H3;2-5H2,1H3. The highest BCUT2D eigenvalue weighted by Gasteiger charge is 1.85. The van der Waals surface area contributed by atoms with Crippen molar-refractivity contribution in [3.8, 4) is 0 Å². The lowest BCUT2D eigenvalue weighted by Crippen LogP contribution is -1.95. The van der Waals surface area contributed by atoms with Gasteiger partial charge >= 0.3 is 0 Å². The maximum atomic E-state index is 5.14. The van der Waals surface area contributed by atoms with Gasteiger partial charge in [-0.15, -0.1) is 0 Å². The molecule has 0 aliphatic carbocycles. The molecule has 0 radical (unpaired) electrons. The molecule has 1 heteroatoms. The van der Waals surface area contributed by atoms with Gasteiger partial charge in [0.05, 0.1) is 0 Å². The Morgan fingerprint density at radius 3 is 1.64 bits per heavy atom. The third-order valence-electron chi connectivity index (χ3n) is 1.42. The normalized spacial score (nSPS) is 9.27. The van der Waals surface area contributed by atoms with Gasteiger partial charge in [0.1, 0.15) is 0 Å². The Bertz CT molecular complexity index is 48.8. The van der Waals surface area contributed by atoms with Gasteiger partial charge in [0, 0.05) is 0 Å². The number of hydrogen-bond donors (Lipinski definition) is 1. The SMILES string of the molecule is CCCC(C)C.CCCCN. The van der Waals surface area contributed by atoms with E-state index in [9.17, 15) is 0 Å². The van der Waals surface area contributed by atoms with E-state index in [0.717, 1.165) is 12.5 Å². The molecule has 0 aliphatic heterocycles. The first-order valence-corrected chi connectivity index (χ1v) is 4.89. The van der Waals surface area contributed by atoms with Crippen molar-refractivity contribution >= 4 is 0 Å². The van der Waals surface area contributed by atoms with E-state index in [2.05, 4.69) is 27.7 Å². The molecule has 0 heterocycles. The van der Waals surface area contributed by atoms with E-state index in [0.29, 0.717) is 0 Å². The average Bonchev–Trinajstić information content (AvgIpc) is 1.90. The molecule has 70 valence electrons. The van der Waals surface area contributed by atoms with Gasteiger partial charge in [-0.2, -0.15) is 0 Å². The van der Waals surface area contributed by atoms with Crippen LogP contribution in [0.25, 0.3) is 0 Å². The molecule has 0 atom stereocenters. The van der Waals surface area contributed by atoms with E-state index < -0.39 is 0 Å². The third-order valence-corrected chi connectivity index (χ3v) is 1.42. The smallest absolute Gasteiger partial charge is 0.00774 e. The maximum Gasteiger partial charge on any atom is -0.00774 e. The fourth-order valence-corrected chi connectivity index (χ4v) is 0.781. The van der Waals surface area contributed by atoms with Gasteiger partial charge in [0.2, 0.25) is 0 Å². The fraction of sp³-hybridized carbons (Fsp3) is 1.00. The summed E-state index contributed by atoms with van der Waals surface area (Å²) in [5, 5.41) is 0. The van der Waals surface area contributed by atoms with E-state index in [1.54, 1.807) is 0 Å². The van der Waals surface area contributed by atoms with Gasteiger partial charge in [-0.05, 0) is 18.9 Å². The zero-order valence-corrected chi connectivity index (χ0v) is 8.69. The molecule has 0 aromatic heterocycles. The summed E-state index contributed by atoms with van der Waals surface area (Å²) in [6, 6.07) is 0. The third kappa shape index (κ3) is 25.7. The first-order valence-electron chi connectivity index (χ1n) is 4.89. The Morgan fingerprint density at radius 2 is 1.64 bits per heavy atom. The fourth-order valence-electron chi connectivity index (χ4n) is 0.781. The van der Waals surface area contributed by atoms with Crippen LogP contribution < -0.4 is 5.73 Å². The second-order valence-electron chi connectivity index (χ2n) is 3.32. The Morgan fingerprint density at radius 1 is 1.09 bits per heavy atom. The number of hydrogen-bond acceptors (Lipinski definition) is 1. The second kappa shape index (κ2) is 12.6. The van der Waals surface area contributed by atoms with Crippen molar-refractivity contribution in [2.75, 3.05) is 6.54 Å². The lowest BCUT2D eigenvalue weighted by atomic mass is 10.1. The summed E-state index contributed by atoms with van der Waals surface area (Å²) in [4.78, 5) is 0. The van der Waals surface area contributed by atoms with Crippen molar-refractivity contribution in [3.63, 3.8) is 0 Å². The molecule has 0 aromatic carbocycles. The van der Waals surface area contributed by atoms with Gasteiger partial charge in [0.25, 0.3) is 0 Å². The van der Waals surface area contributed by atoms with Crippen molar-refractivity contribution in [2.24, 2.45) is 11.7 Å². The zero-order chi connectivity index (χ0) is 9.11. The summed E-state index contributed by atoms with van der Waals surface area (Å²) in [6.45, 7) is 9.70.